The van der Waals surface area contributed by atoms with E-state index in [4.69, 9.17) is 0 Å². The average molecular weight is 372 g/mol. The Morgan fingerprint density at radius 2 is 1.40 bits per heavy atom. The lowest BCUT2D eigenvalue weighted by Gasteiger charge is -2.27. The molecule has 1 aliphatic carbocycles. The molecule has 0 aromatic heterocycles. The molecule has 0 bridgehead atoms. The molecule has 0 unspecified atom stereocenters. The van der Waals surface area contributed by atoms with Gasteiger partial charge in [-0.15, -0.1) is 0 Å². The van der Waals surface area contributed by atoms with Gasteiger partial charge in [-0.1, -0.05) is 12.2 Å². The van der Waals surface area contributed by atoms with Gasteiger partial charge in [0.15, 0.2) is 0 Å². The maximum atomic E-state index is 13.6. The van der Waals surface area contributed by atoms with Gasteiger partial charge in [0, 0.05) is 0 Å². The number of benzene rings is 1. The van der Waals surface area contributed by atoms with Gasteiger partial charge in [0.1, 0.15) is 17.2 Å². The molecular weight excluding hydrogens is 356 g/mol. The standard InChI is InChI=1S/C17H16F8/c18-13-8-12(9-14(19)15(13)17(23,24)25)11-5-3-10(4-6-11)2-1-7-16(20,21)22/h1-2,8-11H,3-7H2/t10-,11-. The van der Waals surface area contributed by atoms with Crippen molar-refractivity contribution in [2.75, 3.05) is 0 Å². The number of allylic oxidation sites excluding steroid dienone is 2. The van der Waals surface area contributed by atoms with Crippen molar-refractivity contribution in [1.29, 1.82) is 0 Å². The minimum Gasteiger partial charge on any atom is -0.206 e. The lowest BCUT2D eigenvalue weighted by atomic mass is 9.78. The number of alkyl halides is 6. The predicted octanol–water partition coefficient (Wildman–Crippen LogP) is 6.77. The first-order chi connectivity index (χ1) is 11.5. The van der Waals surface area contributed by atoms with Crippen LogP contribution in [0.25, 0.3) is 0 Å². The first-order valence-corrected chi connectivity index (χ1v) is 7.77. The van der Waals surface area contributed by atoms with Gasteiger partial charge >= 0.3 is 12.4 Å². The van der Waals surface area contributed by atoms with Gasteiger partial charge in [-0.25, -0.2) is 8.78 Å². The van der Waals surface area contributed by atoms with Crippen LogP contribution in [0.15, 0.2) is 24.3 Å². The molecule has 0 saturated heterocycles. The van der Waals surface area contributed by atoms with Gasteiger partial charge < -0.3 is 0 Å². The van der Waals surface area contributed by atoms with E-state index in [0.29, 0.717) is 37.8 Å². The molecule has 0 amide bonds. The topological polar surface area (TPSA) is 0 Å². The summed E-state index contributed by atoms with van der Waals surface area (Å²) in [6.45, 7) is 0. The molecule has 0 atom stereocenters. The van der Waals surface area contributed by atoms with Crippen molar-refractivity contribution in [3.05, 3.63) is 47.0 Å². The monoisotopic (exact) mass is 372 g/mol. The molecule has 1 aromatic carbocycles. The van der Waals surface area contributed by atoms with E-state index in [9.17, 15) is 35.1 Å². The SMILES string of the molecule is Fc1cc([C@H]2CC[C@H](C=CCC(F)(F)F)CC2)cc(F)c1C(F)(F)F. The second kappa shape index (κ2) is 7.33. The van der Waals surface area contributed by atoms with Gasteiger partial charge in [0.2, 0.25) is 0 Å². The molecule has 0 aliphatic heterocycles. The van der Waals surface area contributed by atoms with Crippen molar-refractivity contribution >= 4 is 0 Å². The van der Waals surface area contributed by atoms with Crippen molar-refractivity contribution in [2.45, 2.75) is 50.4 Å². The van der Waals surface area contributed by atoms with Gasteiger partial charge in [-0.05, 0) is 55.2 Å². The first-order valence-electron chi connectivity index (χ1n) is 7.77. The fourth-order valence-electron chi connectivity index (χ4n) is 3.14. The summed E-state index contributed by atoms with van der Waals surface area (Å²) >= 11 is 0. The van der Waals surface area contributed by atoms with Crippen molar-refractivity contribution in [3.63, 3.8) is 0 Å². The Balaban J connectivity index is 2.02. The highest BCUT2D eigenvalue weighted by molar-refractivity contribution is 5.30. The van der Waals surface area contributed by atoms with Crippen LogP contribution in [0.2, 0.25) is 0 Å². The minimum absolute atomic E-state index is 0.0669. The number of halogens is 8. The molecule has 1 aliphatic rings. The third-order valence-corrected chi connectivity index (χ3v) is 4.35. The molecule has 140 valence electrons. The summed E-state index contributed by atoms with van der Waals surface area (Å²) in [6, 6.07) is 1.41. The maximum absolute atomic E-state index is 13.6. The van der Waals surface area contributed by atoms with Crippen LogP contribution in [-0.4, -0.2) is 6.18 Å². The summed E-state index contributed by atoms with van der Waals surface area (Å²) in [6.07, 6.45) is -5.90. The first kappa shape index (κ1) is 19.7. The van der Waals surface area contributed by atoms with E-state index in [0.717, 1.165) is 6.08 Å². The van der Waals surface area contributed by atoms with Crippen molar-refractivity contribution in [2.24, 2.45) is 5.92 Å². The summed E-state index contributed by atoms with van der Waals surface area (Å²) in [5.41, 5.74) is -1.75. The summed E-state index contributed by atoms with van der Waals surface area (Å²) in [5, 5.41) is 0. The highest BCUT2D eigenvalue weighted by Crippen LogP contribution is 2.40. The quantitative estimate of drug-likeness (QED) is 0.406. The summed E-state index contributed by atoms with van der Waals surface area (Å²) < 4.78 is 101. The summed E-state index contributed by atoms with van der Waals surface area (Å²) in [7, 11) is 0. The molecule has 1 aromatic rings. The Morgan fingerprint density at radius 1 is 0.880 bits per heavy atom. The van der Waals surface area contributed by atoms with E-state index < -0.39 is 36.0 Å². The van der Waals surface area contributed by atoms with Crippen LogP contribution in [0.5, 0.6) is 0 Å². The average Bonchev–Trinajstić information content (AvgIpc) is 2.44. The molecule has 0 radical (unpaired) electrons. The van der Waals surface area contributed by atoms with Crippen LogP contribution in [0.3, 0.4) is 0 Å². The third kappa shape index (κ3) is 5.44. The van der Waals surface area contributed by atoms with Gasteiger partial charge in [0.25, 0.3) is 0 Å². The molecule has 8 heteroatoms. The molecule has 0 heterocycles. The zero-order chi connectivity index (χ0) is 18.8. The molecule has 1 saturated carbocycles. The number of hydrogen-bond acceptors (Lipinski definition) is 0. The molecular formula is C17H16F8. The lowest BCUT2D eigenvalue weighted by molar-refractivity contribution is -0.142. The van der Waals surface area contributed by atoms with Crippen molar-refractivity contribution < 1.29 is 35.1 Å². The third-order valence-electron chi connectivity index (χ3n) is 4.35. The van der Waals surface area contributed by atoms with E-state index in [1.54, 1.807) is 0 Å². The Hall–Kier alpha value is -1.60. The normalized spacial score (nSPS) is 22.6. The summed E-state index contributed by atoms with van der Waals surface area (Å²) in [5.74, 6) is -3.66. The smallest absolute Gasteiger partial charge is 0.206 e. The fraction of sp³-hybridized carbons (Fsp3) is 0.529. The maximum Gasteiger partial charge on any atom is 0.422 e. The second-order valence-corrected chi connectivity index (χ2v) is 6.22. The fourth-order valence-corrected chi connectivity index (χ4v) is 3.14. The van der Waals surface area contributed by atoms with Crippen LogP contribution < -0.4 is 0 Å². The highest BCUT2D eigenvalue weighted by Gasteiger charge is 2.38. The minimum atomic E-state index is -5.10. The Morgan fingerprint density at radius 3 is 1.84 bits per heavy atom. The van der Waals surface area contributed by atoms with Crippen LogP contribution in [0, 0.1) is 17.6 Å². The Bertz CT molecular complexity index is 596. The van der Waals surface area contributed by atoms with E-state index in [1.165, 1.54) is 6.08 Å². The van der Waals surface area contributed by atoms with E-state index >= 15 is 0 Å². The van der Waals surface area contributed by atoms with Crippen LogP contribution in [0.1, 0.15) is 49.1 Å². The van der Waals surface area contributed by atoms with Gasteiger partial charge in [0.05, 0.1) is 6.42 Å². The summed E-state index contributed by atoms with van der Waals surface area (Å²) in [4.78, 5) is 0. The predicted molar refractivity (Wildman–Crippen MR) is 75.9 cm³/mol. The zero-order valence-corrected chi connectivity index (χ0v) is 13.0. The molecule has 0 N–H and O–H groups in total. The Kier molecular flexibility index (Phi) is 5.79. The van der Waals surface area contributed by atoms with Crippen LogP contribution >= 0.6 is 0 Å². The molecule has 1 fully saturated rings. The van der Waals surface area contributed by atoms with Crippen LogP contribution in [0.4, 0.5) is 35.1 Å². The number of hydrogen-bond donors (Lipinski definition) is 0. The molecule has 2 rings (SSSR count). The van der Waals surface area contributed by atoms with Crippen LogP contribution in [-0.2, 0) is 6.18 Å². The number of rotatable bonds is 3. The van der Waals surface area contributed by atoms with E-state index in [2.05, 4.69) is 0 Å². The second-order valence-electron chi connectivity index (χ2n) is 6.22. The van der Waals surface area contributed by atoms with E-state index in [-0.39, 0.29) is 17.4 Å². The largest absolute Gasteiger partial charge is 0.422 e. The highest BCUT2D eigenvalue weighted by atomic mass is 19.4. The van der Waals surface area contributed by atoms with Crippen molar-refractivity contribution in [1.82, 2.24) is 0 Å². The molecule has 0 spiro atoms. The molecule has 0 nitrogen and oxygen atoms in total. The van der Waals surface area contributed by atoms with Crippen molar-refractivity contribution in [3.8, 4) is 0 Å². The van der Waals surface area contributed by atoms with Gasteiger partial charge in [-0.3, -0.25) is 0 Å². The lowest BCUT2D eigenvalue weighted by Crippen LogP contribution is -2.15. The molecule has 25 heavy (non-hydrogen) atoms. The Labute approximate surface area is 139 Å². The van der Waals surface area contributed by atoms with E-state index in [1.807, 2.05) is 0 Å². The van der Waals surface area contributed by atoms with Gasteiger partial charge in [-0.2, -0.15) is 26.3 Å². The zero-order valence-electron chi connectivity index (χ0n) is 13.0.